The first-order valence-corrected chi connectivity index (χ1v) is 6.85. The fourth-order valence-electron chi connectivity index (χ4n) is 2.79. The monoisotopic (exact) mass is 235 g/mol. The molecule has 0 radical (unpaired) electrons. The quantitative estimate of drug-likeness (QED) is 0.869. The minimum absolute atomic E-state index is 0.708. The smallest absolute Gasteiger partial charge is 0.0945 e. The Morgan fingerprint density at radius 2 is 2.06 bits per heavy atom. The van der Waals surface area contributed by atoms with Crippen molar-refractivity contribution in [1.29, 1.82) is 0 Å². The summed E-state index contributed by atoms with van der Waals surface area (Å²) in [6, 6.07) is 0.708. The second-order valence-corrected chi connectivity index (χ2v) is 5.73. The molecule has 0 spiro atoms. The standard InChI is InChI=1S/C14H25N3/c1-11(2)12-4-6-13(7-5-12)16-9-14-8-15-10-17(14)3/h8,10-13,16H,4-7,9H2,1-3H3. The van der Waals surface area contributed by atoms with Gasteiger partial charge in [0.05, 0.1) is 12.0 Å². The molecule has 1 heterocycles. The number of rotatable bonds is 4. The van der Waals surface area contributed by atoms with Gasteiger partial charge in [-0.3, -0.25) is 0 Å². The minimum atomic E-state index is 0.708. The van der Waals surface area contributed by atoms with Crippen molar-refractivity contribution in [2.45, 2.75) is 52.1 Å². The fraction of sp³-hybridized carbons (Fsp3) is 0.786. The van der Waals surface area contributed by atoms with Gasteiger partial charge in [-0.15, -0.1) is 0 Å². The highest BCUT2D eigenvalue weighted by molar-refractivity contribution is 4.97. The molecule has 0 saturated heterocycles. The molecule has 3 nitrogen and oxygen atoms in total. The Bertz CT molecular complexity index is 335. The van der Waals surface area contributed by atoms with Gasteiger partial charge in [0.2, 0.25) is 0 Å². The number of hydrogen-bond donors (Lipinski definition) is 1. The molecular weight excluding hydrogens is 210 g/mol. The van der Waals surface area contributed by atoms with Crippen LogP contribution in [0.1, 0.15) is 45.2 Å². The van der Waals surface area contributed by atoms with Crippen molar-refractivity contribution in [1.82, 2.24) is 14.9 Å². The lowest BCUT2D eigenvalue weighted by Crippen LogP contribution is -2.34. The van der Waals surface area contributed by atoms with Crippen LogP contribution in [-0.4, -0.2) is 15.6 Å². The number of imidazole rings is 1. The number of hydrogen-bond acceptors (Lipinski definition) is 2. The van der Waals surface area contributed by atoms with E-state index >= 15 is 0 Å². The van der Waals surface area contributed by atoms with Crippen LogP contribution in [0.3, 0.4) is 0 Å². The summed E-state index contributed by atoms with van der Waals surface area (Å²) in [7, 11) is 2.06. The second kappa shape index (κ2) is 5.67. The summed E-state index contributed by atoms with van der Waals surface area (Å²) in [4.78, 5) is 4.14. The molecule has 1 N–H and O–H groups in total. The predicted octanol–water partition coefficient (Wildman–Crippen LogP) is 2.72. The van der Waals surface area contributed by atoms with Gasteiger partial charge in [0.15, 0.2) is 0 Å². The first kappa shape index (κ1) is 12.6. The molecule has 0 aromatic carbocycles. The summed E-state index contributed by atoms with van der Waals surface area (Å²) < 4.78 is 2.09. The van der Waals surface area contributed by atoms with Crippen LogP contribution in [0.25, 0.3) is 0 Å². The molecule has 1 aromatic rings. The lowest BCUT2D eigenvalue weighted by atomic mass is 9.80. The third-order valence-corrected chi connectivity index (χ3v) is 4.20. The zero-order chi connectivity index (χ0) is 12.3. The highest BCUT2D eigenvalue weighted by Gasteiger charge is 2.22. The Kier molecular flexibility index (Phi) is 4.21. The van der Waals surface area contributed by atoms with Gasteiger partial charge < -0.3 is 9.88 Å². The van der Waals surface area contributed by atoms with Crippen LogP contribution in [-0.2, 0) is 13.6 Å². The fourth-order valence-corrected chi connectivity index (χ4v) is 2.79. The van der Waals surface area contributed by atoms with Gasteiger partial charge in [-0.2, -0.15) is 0 Å². The Morgan fingerprint density at radius 1 is 1.35 bits per heavy atom. The van der Waals surface area contributed by atoms with Crippen LogP contribution in [0.5, 0.6) is 0 Å². The third kappa shape index (κ3) is 3.32. The van der Waals surface area contributed by atoms with E-state index in [2.05, 4.69) is 35.8 Å². The number of aryl methyl sites for hydroxylation is 1. The zero-order valence-electron chi connectivity index (χ0n) is 11.3. The van der Waals surface area contributed by atoms with E-state index in [1.807, 2.05) is 12.5 Å². The molecule has 0 amide bonds. The van der Waals surface area contributed by atoms with Crippen LogP contribution in [0, 0.1) is 11.8 Å². The van der Waals surface area contributed by atoms with Gasteiger partial charge in [-0.05, 0) is 37.5 Å². The SMILES string of the molecule is CC(C)C1CCC(NCc2cncn2C)CC1. The number of nitrogens with zero attached hydrogens (tertiary/aromatic N) is 2. The van der Waals surface area contributed by atoms with Crippen LogP contribution in [0.2, 0.25) is 0 Å². The van der Waals surface area contributed by atoms with E-state index in [1.54, 1.807) is 0 Å². The molecule has 0 unspecified atom stereocenters. The van der Waals surface area contributed by atoms with Gasteiger partial charge in [0.25, 0.3) is 0 Å². The molecular formula is C14H25N3. The summed E-state index contributed by atoms with van der Waals surface area (Å²) in [5, 5.41) is 3.66. The van der Waals surface area contributed by atoms with E-state index in [9.17, 15) is 0 Å². The molecule has 2 rings (SSSR count). The minimum Gasteiger partial charge on any atom is -0.337 e. The van der Waals surface area contributed by atoms with E-state index in [0.717, 1.165) is 18.4 Å². The molecule has 1 aliphatic carbocycles. The predicted molar refractivity (Wildman–Crippen MR) is 70.6 cm³/mol. The van der Waals surface area contributed by atoms with Crippen LogP contribution in [0.4, 0.5) is 0 Å². The molecule has 96 valence electrons. The molecule has 1 fully saturated rings. The van der Waals surface area contributed by atoms with Crippen LogP contribution < -0.4 is 5.32 Å². The lowest BCUT2D eigenvalue weighted by Gasteiger charge is -2.31. The molecule has 3 heteroatoms. The van der Waals surface area contributed by atoms with E-state index in [-0.39, 0.29) is 0 Å². The van der Waals surface area contributed by atoms with Crippen molar-refractivity contribution < 1.29 is 0 Å². The first-order valence-electron chi connectivity index (χ1n) is 6.85. The summed E-state index contributed by atoms with van der Waals surface area (Å²) in [6.07, 6.45) is 9.27. The van der Waals surface area contributed by atoms with Crippen molar-refractivity contribution >= 4 is 0 Å². The lowest BCUT2D eigenvalue weighted by molar-refractivity contribution is 0.237. The molecule has 0 atom stereocenters. The molecule has 17 heavy (non-hydrogen) atoms. The Morgan fingerprint density at radius 3 is 2.59 bits per heavy atom. The van der Waals surface area contributed by atoms with Gasteiger partial charge in [0.1, 0.15) is 0 Å². The number of aromatic nitrogens is 2. The Labute approximate surface area is 105 Å². The highest BCUT2D eigenvalue weighted by Crippen LogP contribution is 2.29. The average Bonchev–Trinajstić information content (AvgIpc) is 2.73. The van der Waals surface area contributed by atoms with E-state index in [1.165, 1.54) is 31.4 Å². The maximum atomic E-state index is 4.14. The molecule has 0 bridgehead atoms. The van der Waals surface area contributed by atoms with Crippen molar-refractivity contribution in [3.8, 4) is 0 Å². The maximum absolute atomic E-state index is 4.14. The average molecular weight is 235 g/mol. The summed E-state index contributed by atoms with van der Waals surface area (Å²) >= 11 is 0. The van der Waals surface area contributed by atoms with Crippen molar-refractivity contribution in [3.63, 3.8) is 0 Å². The molecule has 0 aliphatic heterocycles. The van der Waals surface area contributed by atoms with Crippen LogP contribution in [0.15, 0.2) is 12.5 Å². The second-order valence-electron chi connectivity index (χ2n) is 5.73. The summed E-state index contributed by atoms with van der Waals surface area (Å²) in [5.74, 6) is 1.80. The third-order valence-electron chi connectivity index (χ3n) is 4.20. The van der Waals surface area contributed by atoms with Crippen molar-refractivity contribution in [3.05, 3.63) is 18.2 Å². The molecule has 1 aliphatic rings. The Balaban J connectivity index is 1.74. The van der Waals surface area contributed by atoms with Crippen molar-refractivity contribution in [2.75, 3.05) is 0 Å². The topological polar surface area (TPSA) is 29.9 Å². The largest absolute Gasteiger partial charge is 0.337 e. The summed E-state index contributed by atoms with van der Waals surface area (Å²) in [5.41, 5.74) is 1.27. The van der Waals surface area contributed by atoms with Gasteiger partial charge in [-0.1, -0.05) is 13.8 Å². The van der Waals surface area contributed by atoms with Gasteiger partial charge in [-0.25, -0.2) is 4.98 Å². The van der Waals surface area contributed by atoms with Gasteiger partial charge >= 0.3 is 0 Å². The molecule has 1 aromatic heterocycles. The zero-order valence-corrected chi connectivity index (χ0v) is 11.3. The van der Waals surface area contributed by atoms with Gasteiger partial charge in [0, 0.05) is 25.8 Å². The Hall–Kier alpha value is -0.830. The number of nitrogens with one attached hydrogen (secondary N) is 1. The normalized spacial score (nSPS) is 25.4. The molecule has 1 saturated carbocycles. The maximum Gasteiger partial charge on any atom is 0.0945 e. The highest BCUT2D eigenvalue weighted by atomic mass is 15.0. The first-order chi connectivity index (χ1) is 8.16. The van der Waals surface area contributed by atoms with Crippen molar-refractivity contribution in [2.24, 2.45) is 18.9 Å². The van der Waals surface area contributed by atoms with E-state index in [4.69, 9.17) is 0 Å². The summed E-state index contributed by atoms with van der Waals surface area (Å²) in [6.45, 7) is 5.66. The van der Waals surface area contributed by atoms with Crippen LogP contribution >= 0.6 is 0 Å². The van der Waals surface area contributed by atoms with E-state index < -0.39 is 0 Å². The van der Waals surface area contributed by atoms with E-state index in [0.29, 0.717) is 6.04 Å².